The molecule has 0 amide bonds. The van der Waals surface area contributed by atoms with Gasteiger partial charge in [-0.25, -0.2) is 4.98 Å². The van der Waals surface area contributed by atoms with Gasteiger partial charge in [-0.1, -0.05) is 13.8 Å². The minimum absolute atomic E-state index is 0.0978. The molecule has 0 saturated carbocycles. The molecule has 1 aliphatic rings. The second-order valence-electron chi connectivity index (χ2n) is 5.97. The molecule has 0 spiro atoms. The number of anilines is 1. The number of hydrogen-bond acceptors (Lipinski definition) is 4. The van der Waals surface area contributed by atoms with Gasteiger partial charge in [0.1, 0.15) is 4.83 Å². The molecule has 2 heterocycles. The van der Waals surface area contributed by atoms with E-state index >= 15 is 0 Å². The Morgan fingerprint density at radius 3 is 2.85 bits per heavy atom. The Bertz CT molecular complexity index is 699. The van der Waals surface area contributed by atoms with E-state index in [0.717, 1.165) is 29.6 Å². The van der Waals surface area contributed by atoms with Crippen LogP contribution in [0.2, 0.25) is 0 Å². The number of nitrogens with zero attached hydrogens (tertiary/aromatic N) is 2. The van der Waals surface area contributed by atoms with Gasteiger partial charge in [-0.15, -0.1) is 11.3 Å². The van der Waals surface area contributed by atoms with Crippen LogP contribution >= 0.6 is 11.3 Å². The zero-order valence-corrected chi connectivity index (χ0v) is 13.1. The largest absolute Gasteiger partial charge is 0.355 e. The van der Waals surface area contributed by atoms with Crippen LogP contribution in [0.5, 0.6) is 0 Å². The van der Waals surface area contributed by atoms with E-state index in [-0.39, 0.29) is 5.56 Å². The van der Waals surface area contributed by atoms with Crippen LogP contribution in [0.3, 0.4) is 0 Å². The van der Waals surface area contributed by atoms with E-state index in [1.165, 1.54) is 23.3 Å². The Kier molecular flexibility index (Phi) is 3.54. The highest BCUT2D eigenvalue weighted by Crippen LogP contribution is 2.34. The molecule has 5 heteroatoms. The molecule has 3 rings (SSSR count). The van der Waals surface area contributed by atoms with Crippen LogP contribution in [-0.2, 0) is 19.9 Å². The molecule has 0 atom stereocenters. The van der Waals surface area contributed by atoms with E-state index in [4.69, 9.17) is 0 Å². The Morgan fingerprint density at radius 2 is 2.10 bits per heavy atom. The molecule has 20 heavy (non-hydrogen) atoms. The first-order valence-corrected chi connectivity index (χ1v) is 8.14. The maximum Gasteiger partial charge on any atom is 0.263 e. The molecule has 0 unspecified atom stereocenters. The highest BCUT2D eigenvalue weighted by atomic mass is 32.1. The van der Waals surface area contributed by atoms with E-state index in [0.29, 0.717) is 11.9 Å². The zero-order valence-electron chi connectivity index (χ0n) is 12.3. The maximum absolute atomic E-state index is 12.6. The molecule has 108 valence electrons. The minimum atomic E-state index is 0.0978. The number of aryl methyl sites for hydroxylation is 2. The van der Waals surface area contributed by atoms with Crippen LogP contribution in [-0.4, -0.2) is 16.1 Å². The first-order chi connectivity index (χ1) is 9.58. The lowest BCUT2D eigenvalue weighted by Gasteiger charge is -2.12. The quantitative estimate of drug-likeness (QED) is 0.946. The van der Waals surface area contributed by atoms with Crippen LogP contribution in [0, 0.1) is 5.92 Å². The van der Waals surface area contributed by atoms with Crippen molar-refractivity contribution >= 4 is 27.5 Å². The number of fused-ring (bicyclic) bond motifs is 3. The molecule has 0 aliphatic heterocycles. The number of rotatable bonds is 3. The number of aromatic nitrogens is 2. The Hall–Kier alpha value is -1.36. The zero-order chi connectivity index (χ0) is 14.3. The van der Waals surface area contributed by atoms with Crippen molar-refractivity contribution < 1.29 is 0 Å². The molecule has 4 nitrogen and oxygen atoms in total. The van der Waals surface area contributed by atoms with Crippen LogP contribution in [0.1, 0.15) is 37.1 Å². The predicted molar refractivity (Wildman–Crippen MR) is 84.8 cm³/mol. The van der Waals surface area contributed by atoms with Crippen LogP contribution in [0.15, 0.2) is 4.79 Å². The van der Waals surface area contributed by atoms with Crippen molar-refractivity contribution in [1.82, 2.24) is 9.55 Å². The van der Waals surface area contributed by atoms with Gasteiger partial charge in [0.2, 0.25) is 5.95 Å². The fourth-order valence-corrected chi connectivity index (χ4v) is 3.99. The van der Waals surface area contributed by atoms with Crippen LogP contribution in [0.25, 0.3) is 10.2 Å². The molecule has 1 aliphatic carbocycles. The molecular formula is C15H21N3OS. The molecule has 0 aromatic carbocycles. The van der Waals surface area contributed by atoms with Gasteiger partial charge in [-0.05, 0) is 37.2 Å². The normalized spacial score (nSPS) is 14.8. The van der Waals surface area contributed by atoms with Gasteiger partial charge in [0.25, 0.3) is 5.56 Å². The van der Waals surface area contributed by atoms with E-state index in [1.54, 1.807) is 15.9 Å². The van der Waals surface area contributed by atoms with Crippen molar-refractivity contribution in [3.05, 3.63) is 20.8 Å². The summed E-state index contributed by atoms with van der Waals surface area (Å²) in [5.74, 6) is 1.22. The molecule has 0 radical (unpaired) electrons. The summed E-state index contributed by atoms with van der Waals surface area (Å²) in [5, 5.41) is 4.15. The van der Waals surface area contributed by atoms with Crippen molar-refractivity contribution in [1.29, 1.82) is 0 Å². The lowest BCUT2D eigenvalue weighted by Crippen LogP contribution is -2.24. The number of nitrogens with one attached hydrogen (secondary N) is 1. The molecule has 0 fully saturated rings. The maximum atomic E-state index is 12.6. The van der Waals surface area contributed by atoms with Crippen molar-refractivity contribution in [3.63, 3.8) is 0 Å². The second kappa shape index (κ2) is 5.20. The van der Waals surface area contributed by atoms with E-state index in [2.05, 4.69) is 24.1 Å². The van der Waals surface area contributed by atoms with Gasteiger partial charge in [-0.3, -0.25) is 9.36 Å². The SMILES string of the molecule is CC(C)CNc1nc2sc3c(c2c(=O)n1C)CCCC3. The van der Waals surface area contributed by atoms with Gasteiger partial charge in [0.05, 0.1) is 5.39 Å². The summed E-state index contributed by atoms with van der Waals surface area (Å²) in [6, 6.07) is 0. The highest BCUT2D eigenvalue weighted by Gasteiger charge is 2.21. The Labute approximate surface area is 122 Å². The first kappa shape index (κ1) is 13.6. The summed E-state index contributed by atoms with van der Waals surface area (Å²) in [7, 11) is 1.81. The molecule has 2 aromatic rings. The predicted octanol–water partition coefficient (Wildman–Crippen LogP) is 2.94. The van der Waals surface area contributed by atoms with Gasteiger partial charge >= 0.3 is 0 Å². The second-order valence-corrected chi connectivity index (χ2v) is 7.05. The molecule has 0 saturated heterocycles. The van der Waals surface area contributed by atoms with Gasteiger partial charge in [0, 0.05) is 18.5 Å². The number of hydrogen-bond donors (Lipinski definition) is 1. The minimum Gasteiger partial charge on any atom is -0.355 e. The molecule has 0 bridgehead atoms. The standard InChI is InChI=1S/C15H21N3OS/c1-9(2)8-16-15-17-13-12(14(19)18(15)3)10-6-4-5-7-11(10)20-13/h9H,4-8H2,1-3H3,(H,16,17). The van der Waals surface area contributed by atoms with Crippen molar-refractivity contribution in [3.8, 4) is 0 Å². The molecule has 2 aromatic heterocycles. The number of thiophene rings is 1. The average molecular weight is 291 g/mol. The van der Waals surface area contributed by atoms with Crippen LogP contribution < -0.4 is 10.9 Å². The smallest absolute Gasteiger partial charge is 0.263 e. The van der Waals surface area contributed by atoms with E-state index in [9.17, 15) is 4.79 Å². The van der Waals surface area contributed by atoms with Gasteiger partial charge in [0.15, 0.2) is 0 Å². The summed E-state index contributed by atoms with van der Waals surface area (Å²) in [4.78, 5) is 19.6. The Balaban J connectivity index is 2.12. The first-order valence-electron chi connectivity index (χ1n) is 7.33. The summed E-state index contributed by atoms with van der Waals surface area (Å²) in [6.45, 7) is 5.12. The van der Waals surface area contributed by atoms with Crippen molar-refractivity contribution in [2.24, 2.45) is 13.0 Å². The van der Waals surface area contributed by atoms with E-state index < -0.39 is 0 Å². The summed E-state index contributed by atoms with van der Waals surface area (Å²) >= 11 is 1.71. The van der Waals surface area contributed by atoms with Crippen molar-refractivity contribution in [2.45, 2.75) is 39.5 Å². The lowest BCUT2D eigenvalue weighted by molar-refractivity contribution is 0.677. The summed E-state index contributed by atoms with van der Waals surface area (Å²) < 4.78 is 1.66. The fourth-order valence-electron chi connectivity index (χ4n) is 2.74. The third-order valence-corrected chi connectivity index (χ3v) is 5.05. The summed E-state index contributed by atoms with van der Waals surface area (Å²) in [5.41, 5.74) is 1.36. The fraction of sp³-hybridized carbons (Fsp3) is 0.600. The monoisotopic (exact) mass is 291 g/mol. The topological polar surface area (TPSA) is 46.9 Å². The van der Waals surface area contributed by atoms with Gasteiger partial charge < -0.3 is 5.32 Å². The Morgan fingerprint density at radius 1 is 1.35 bits per heavy atom. The third-order valence-electron chi connectivity index (χ3n) is 3.86. The van der Waals surface area contributed by atoms with Gasteiger partial charge in [-0.2, -0.15) is 0 Å². The van der Waals surface area contributed by atoms with Crippen molar-refractivity contribution in [2.75, 3.05) is 11.9 Å². The molecular weight excluding hydrogens is 270 g/mol. The third kappa shape index (κ3) is 2.24. The van der Waals surface area contributed by atoms with Crippen LogP contribution in [0.4, 0.5) is 5.95 Å². The lowest BCUT2D eigenvalue weighted by atomic mass is 9.97. The highest BCUT2D eigenvalue weighted by molar-refractivity contribution is 7.18. The molecule has 1 N–H and O–H groups in total. The summed E-state index contributed by atoms with van der Waals surface area (Å²) in [6.07, 6.45) is 4.56. The average Bonchev–Trinajstić information content (AvgIpc) is 2.79. The van der Waals surface area contributed by atoms with E-state index in [1.807, 2.05) is 7.05 Å².